The summed E-state index contributed by atoms with van der Waals surface area (Å²) < 4.78 is 4.87. The Morgan fingerprint density at radius 3 is 2.35 bits per heavy atom. The van der Waals surface area contributed by atoms with Crippen LogP contribution in [0.15, 0.2) is 0 Å². The van der Waals surface area contributed by atoms with Crippen molar-refractivity contribution in [2.24, 2.45) is 5.92 Å². The highest BCUT2D eigenvalue weighted by molar-refractivity contribution is 5.86. The van der Waals surface area contributed by atoms with Crippen LogP contribution in [-0.2, 0) is 14.3 Å². The Morgan fingerprint density at radius 2 is 1.88 bits per heavy atom. The third kappa shape index (κ3) is 4.00. The fraction of sp³-hybridized carbons (Fsp3) is 0.833. The van der Waals surface area contributed by atoms with Crippen molar-refractivity contribution in [2.45, 2.75) is 51.2 Å². The van der Waals surface area contributed by atoms with Crippen molar-refractivity contribution in [1.29, 1.82) is 0 Å². The molecule has 2 N–H and O–H groups in total. The van der Waals surface area contributed by atoms with Gasteiger partial charge in [0.2, 0.25) is 5.91 Å². The Bertz CT molecular complexity index is 274. The van der Waals surface area contributed by atoms with Gasteiger partial charge < -0.3 is 15.2 Å². The van der Waals surface area contributed by atoms with E-state index in [9.17, 15) is 14.7 Å². The molecule has 2 atom stereocenters. The van der Waals surface area contributed by atoms with Crippen LogP contribution < -0.4 is 5.32 Å². The summed E-state index contributed by atoms with van der Waals surface area (Å²) in [6.45, 7) is 1.61. The van der Waals surface area contributed by atoms with Crippen LogP contribution in [0, 0.1) is 5.92 Å². The third-order valence-electron chi connectivity index (χ3n) is 3.41. The van der Waals surface area contributed by atoms with Gasteiger partial charge in [-0.1, -0.05) is 19.3 Å². The Hall–Kier alpha value is -1.10. The van der Waals surface area contributed by atoms with Gasteiger partial charge in [0.05, 0.1) is 0 Å². The average molecular weight is 243 g/mol. The molecule has 1 rings (SSSR count). The smallest absolute Gasteiger partial charge is 0.326 e. The monoisotopic (exact) mass is 243 g/mol. The first-order valence-corrected chi connectivity index (χ1v) is 6.12. The van der Waals surface area contributed by atoms with Gasteiger partial charge in [0.25, 0.3) is 0 Å². The third-order valence-corrected chi connectivity index (χ3v) is 3.41. The van der Waals surface area contributed by atoms with Crippen molar-refractivity contribution < 1.29 is 19.4 Å². The number of carbonyl (C=O) groups is 2. The van der Waals surface area contributed by atoms with Crippen LogP contribution in [0.4, 0.5) is 0 Å². The van der Waals surface area contributed by atoms with E-state index in [1.54, 1.807) is 6.92 Å². The van der Waals surface area contributed by atoms with Gasteiger partial charge in [0, 0.05) is 7.11 Å². The highest BCUT2D eigenvalue weighted by atomic mass is 16.5. The topological polar surface area (TPSA) is 75.6 Å². The van der Waals surface area contributed by atoms with Crippen molar-refractivity contribution in [2.75, 3.05) is 7.11 Å². The Labute approximate surface area is 102 Å². The van der Waals surface area contributed by atoms with Crippen molar-refractivity contribution in [3.05, 3.63) is 0 Å². The van der Waals surface area contributed by atoms with E-state index >= 15 is 0 Å². The lowest BCUT2D eigenvalue weighted by atomic mass is 9.84. The van der Waals surface area contributed by atoms with Crippen LogP contribution in [-0.4, -0.2) is 36.2 Å². The first kappa shape index (κ1) is 14.0. The van der Waals surface area contributed by atoms with Crippen molar-refractivity contribution >= 4 is 11.9 Å². The second kappa shape index (κ2) is 6.59. The van der Waals surface area contributed by atoms with Crippen LogP contribution in [0.1, 0.15) is 39.0 Å². The summed E-state index contributed by atoms with van der Waals surface area (Å²) in [5, 5.41) is 11.7. The van der Waals surface area contributed by atoms with Crippen molar-refractivity contribution in [3.63, 3.8) is 0 Å². The predicted octanol–water partition coefficient (Wildman–Crippen LogP) is 1.17. The molecule has 5 heteroatoms. The minimum Gasteiger partial charge on any atom is -0.480 e. The molecule has 0 aromatic rings. The summed E-state index contributed by atoms with van der Waals surface area (Å²) in [4.78, 5) is 22.8. The number of methoxy groups -OCH3 is 1. The summed E-state index contributed by atoms with van der Waals surface area (Å²) in [7, 11) is 1.43. The molecule has 0 aromatic heterocycles. The predicted molar refractivity (Wildman–Crippen MR) is 62.6 cm³/mol. The molecule has 1 aliphatic rings. The fourth-order valence-electron chi connectivity index (χ4n) is 2.23. The lowest BCUT2D eigenvalue weighted by Gasteiger charge is -2.28. The zero-order valence-corrected chi connectivity index (χ0v) is 10.4. The van der Waals surface area contributed by atoms with E-state index in [2.05, 4.69) is 5.32 Å². The summed E-state index contributed by atoms with van der Waals surface area (Å²) in [5.74, 6) is -1.26. The molecule has 0 heterocycles. The highest BCUT2D eigenvalue weighted by Gasteiger charge is 2.31. The normalized spacial score (nSPS) is 20.6. The van der Waals surface area contributed by atoms with Crippen LogP contribution in [0.5, 0.6) is 0 Å². The van der Waals surface area contributed by atoms with Crippen LogP contribution >= 0.6 is 0 Å². The molecule has 0 spiro atoms. The van der Waals surface area contributed by atoms with E-state index in [0.717, 1.165) is 32.1 Å². The van der Waals surface area contributed by atoms with Gasteiger partial charge in [0.15, 0.2) is 0 Å². The number of nitrogens with one attached hydrogen (secondary N) is 1. The lowest BCUT2D eigenvalue weighted by molar-refractivity contribution is -0.145. The number of carboxylic acids is 1. The van der Waals surface area contributed by atoms with E-state index in [1.165, 1.54) is 7.11 Å². The molecule has 1 saturated carbocycles. The van der Waals surface area contributed by atoms with E-state index in [-0.39, 0.29) is 11.8 Å². The zero-order chi connectivity index (χ0) is 12.8. The maximum Gasteiger partial charge on any atom is 0.326 e. The van der Waals surface area contributed by atoms with Gasteiger partial charge in [-0.25, -0.2) is 4.79 Å². The Balaban J connectivity index is 2.59. The minimum atomic E-state index is -0.950. The molecule has 1 amide bonds. The lowest BCUT2D eigenvalue weighted by Crippen LogP contribution is -2.49. The molecule has 0 aromatic carbocycles. The number of rotatable bonds is 5. The number of carbonyl (C=O) groups excluding carboxylic acids is 1. The number of amides is 1. The number of ether oxygens (including phenoxy) is 1. The summed E-state index contributed by atoms with van der Waals surface area (Å²) in [6, 6.07) is -0.777. The van der Waals surface area contributed by atoms with Gasteiger partial charge in [0.1, 0.15) is 12.1 Å². The number of carboxylic acid groups (broad SMARTS) is 1. The second-order valence-electron chi connectivity index (χ2n) is 4.60. The fourth-order valence-corrected chi connectivity index (χ4v) is 2.23. The molecule has 5 nitrogen and oxygen atoms in total. The molecule has 17 heavy (non-hydrogen) atoms. The number of hydrogen-bond donors (Lipinski definition) is 2. The molecule has 0 radical (unpaired) electrons. The standard InChI is InChI=1S/C12H21NO4/c1-8(17-2)11(14)13-10(12(15)16)9-6-4-3-5-7-9/h8-10H,3-7H2,1-2H3,(H,13,14)(H,15,16). The molecule has 0 saturated heterocycles. The average Bonchev–Trinajstić information content (AvgIpc) is 2.35. The summed E-state index contributed by atoms with van der Waals surface area (Å²) >= 11 is 0. The molecule has 0 bridgehead atoms. The molecule has 1 fully saturated rings. The van der Waals surface area contributed by atoms with E-state index in [4.69, 9.17) is 4.74 Å². The van der Waals surface area contributed by atoms with E-state index in [1.807, 2.05) is 0 Å². The van der Waals surface area contributed by atoms with Gasteiger partial charge >= 0.3 is 5.97 Å². The highest BCUT2D eigenvalue weighted by Crippen LogP contribution is 2.26. The van der Waals surface area contributed by atoms with Crippen LogP contribution in [0.2, 0.25) is 0 Å². The first-order chi connectivity index (χ1) is 8.06. The van der Waals surface area contributed by atoms with Gasteiger partial charge in [-0.05, 0) is 25.7 Å². The quantitative estimate of drug-likeness (QED) is 0.760. The first-order valence-electron chi connectivity index (χ1n) is 6.12. The van der Waals surface area contributed by atoms with Crippen molar-refractivity contribution in [1.82, 2.24) is 5.32 Å². The Kier molecular flexibility index (Phi) is 5.41. The molecule has 1 aliphatic carbocycles. The van der Waals surface area contributed by atoms with Crippen LogP contribution in [0.3, 0.4) is 0 Å². The number of aliphatic carboxylic acids is 1. The maximum atomic E-state index is 11.6. The van der Waals surface area contributed by atoms with Gasteiger partial charge in [-0.3, -0.25) is 4.79 Å². The SMILES string of the molecule is COC(C)C(=O)NC(C(=O)O)C1CCCCC1. The summed E-state index contributed by atoms with van der Waals surface area (Å²) in [6.07, 6.45) is 4.39. The Morgan fingerprint density at radius 1 is 1.29 bits per heavy atom. The minimum absolute atomic E-state index is 0.0502. The molecular formula is C12H21NO4. The zero-order valence-electron chi connectivity index (χ0n) is 10.4. The van der Waals surface area contributed by atoms with E-state index in [0.29, 0.717) is 0 Å². The molecular weight excluding hydrogens is 222 g/mol. The van der Waals surface area contributed by atoms with E-state index < -0.39 is 18.1 Å². The van der Waals surface area contributed by atoms with Gasteiger partial charge in [-0.15, -0.1) is 0 Å². The molecule has 2 unspecified atom stereocenters. The number of hydrogen-bond acceptors (Lipinski definition) is 3. The summed E-state index contributed by atoms with van der Waals surface area (Å²) in [5.41, 5.74) is 0. The second-order valence-corrected chi connectivity index (χ2v) is 4.60. The van der Waals surface area contributed by atoms with Crippen LogP contribution in [0.25, 0.3) is 0 Å². The maximum absolute atomic E-state index is 11.6. The molecule has 98 valence electrons. The van der Waals surface area contributed by atoms with Crippen molar-refractivity contribution in [3.8, 4) is 0 Å². The molecule has 0 aliphatic heterocycles. The largest absolute Gasteiger partial charge is 0.480 e. The van der Waals surface area contributed by atoms with Gasteiger partial charge in [-0.2, -0.15) is 0 Å².